The van der Waals surface area contributed by atoms with Crippen molar-refractivity contribution in [3.8, 4) is 5.75 Å². The number of hydrogen-bond acceptors (Lipinski definition) is 6. The van der Waals surface area contributed by atoms with Crippen molar-refractivity contribution in [2.24, 2.45) is 5.73 Å². The number of halogens is 1. The Kier molecular flexibility index (Phi) is 4.08. The van der Waals surface area contributed by atoms with Crippen LogP contribution in [0.15, 0.2) is 17.1 Å². The lowest BCUT2D eigenvalue weighted by Gasteiger charge is -2.28. The Hall–Kier alpha value is -2.65. The van der Waals surface area contributed by atoms with E-state index in [1.165, 1.54) is 13.3 Å². The molecule has 0 spiro atoms. The molecular formula is C20H22FN3O5. The molecule has 3 aliphatic rings. The molecule has 1 aromatic carbocycles. The van der Waals surface area contributed by atoms with E-state index in [4.69, 9.17) is 15.2 Å². The maximum absolute atomic E-state index is 15.4. The lowest BCUT2D eigenvalue weighted by atomic mass is 10.1. The summed E-state index contributed by atoms with van der Waals surface area (Å²) in [7, 11) is 1.43. The van der Waals surface area contributed by atoms with Gasteiger partial charge in [0, 0.05) is 25.4 Å². The summed E-state index contributed by atoms with van der Waals surface area (Å²) in [5.74, 6) is -1.72. The van der Waals surface area contributed by atoms with Crippen molar-refractivity contribution in [1.29, 1.82) is 0 Å². The average molecular weight is 403 g/mol. The summed E-state index contributed by atoms with van der Waals surface area (Å²) in [4.78, 5) is 26.2. The fraction of sp³-hybridized carbons (Fsp3) is 0.500. The molecule has 1 aromatic heterocycles. The van der Waals surface area contributed by atoms with Gasteiger partial charge in [-0.05, 0) is 25.3 Å². The van der Waals surface area contributed by atoms with E-state index in [0.717, 1.165) is 25.3 Å². The highest BCUT2D eigenvalue weighted by Crippen LogP contribution is 2.46. The second-order valence-corrected chi connectivity index (χ2v) is 7.96. The summed E-state index contributed by atoms with van der Waals surface area (Å²) in [6, 6.07) is 0.884. The number of hydrogen-bond donors (Lipinski definition) is 2. The highest BCUT2D eigenvalue weighted by atomic mass is 19.1. The summed E-state index contributed by atoms with van der Waals surface area (Å²) in [6.07, 6.45) is 3.63. The van der Waals surface area contributed by atoms with Gasteiger partial charge in [0.1, 0.15) is 11.3 Å². The van der Waals surface area contributed by atoms with Gasteiger partial charge in [-0.15, -0.1) is 0 Å². The molecule has 1 aliphatic carbocycles. The quantitative estimate of drug-likeness (QED) is 0.796. The number of aromatic nitrogens is 1. The fourth-order valence-corrected chi connectivity index (χ4v) is 4.76. The van der Waals surface area contributed by atoms with Crippen LogP contribution in [-0.2, 0) is 4.74 Å². The van der Waals surface area contributed by atoms with Gasteiger partial charge in [-0.25, -0.2) is 9.18 Å². The number of ether oxygens (including phenoxy) is 2. The molecular weight excluding hydrogens is 381 g/mol. The maximum atomic E-state index is 15.4. The van der Waals surface area contributed by atoms with E-state index in [-0.39, 0.29) is 46.6 Å². The number of rotatable bonds is 4. The lowest BCUT2D eigenvalue weighted by molar-refractivity contribution is 0.0694. The number of carboxylic acids is 1. The Bertz CT molecular complexity index is 1080. The van der Waals surface area contributed by atoms with E-state index in [1.807, 2.05) is 4.90 Å². The molecule has 3 unspecified atom stereocenters. The van der Waals surface area contributed by atoms with Crippen LogP contribution in [0.25, 0.3) is 10.9 Å². The Labute approximate surface area is 165 Å². The zero-order valence-electron chi connectivity index (χ0n) is 15.9. The van der Waals surface area contributed by atoms with Gasteiger partial charge in [-0.2, -0.15) is 0 Å². The van der Waals surface area contributed by atoms with Gasteiger partial charge in [-0.1, -0.05) is 0 Å². The van der Waals surface area contributed by atoms with Gasteiger partial charge in [0.15, 0.2) is 11.6 Å². The van der Waals surface area contributed by atoms with E-state index in [2.05, 4.69) is 0 Å². The van der Waals surface area contributed by atoms with Crippen molar-refractivity contribution < 1.29 is 23.8 Å². The number of pyridine rings is 1. The number of fused-ring (bicyclic) bond motifs is 2. The highest BCUT2D eigenvalue weighted by Gasteiger charge is 2.46. The van der Waals surface area contributed by atoms with Crippen molar-refractivity contribution in [2.45, 2.75) is 43.5 Å². The van der Waals surface area contributed by atoms with Crippen LogP contribution in [0, 0.1) is 5.82 Å². The number of aromatic carboxylic acids is 1. The largest absolute Gasteiger partial charge is 0.492 e. The van der Waals surface area contributed by atoms with Crippen LogP contribution in [0.2, 0.25) is 0 Å². The molecule has 3 N–H and O–H groups in total. The van der Waals surface area contributed by atoms with Crippen molar-refractivity contribution >= 4 is 22.6 Å². The Morgan fingerprint density at radius 1 is 1.38 bits per heavy atom. The minimum absolute atomic E-state index is 0.0117. The van der Waals surface area contributed by atoms with Crippen LogP contribution in [0.4, 0.5) is 10.1 Å². The summed E-state index contributed by atoms with van der Waals surface area (Å²) in [5.41, 5.74) is 5.82. The van der Waals surface area contributed by atoms with Crippen molar-refractivity contribution in [1.82, 2.24) is 4.57 Å². The monoisotopic (exact) mass is 403 g/mol. The number of nitrogens with two attached hydrogens (primary N) is 1. The Balaban J connectivity index is 1.80. The molecule has 29 heavy (non-hydrogen) atoms. The molecule has 2 aromatic rings. The fourth-order valence-electron chi connectivity index (χ4n) is 4.76. The number of anilines is 1. The number of nitrogens with zero attached hydrogens (tertiary/aromatic N) is 2. The Morgan fingerprint density at radius 3 is 2.79 bits per heavy atom. The van der Waals surface area contributed by atoms with Crippen LogP contribution in [0.3, 0.4) is 0 Å². The topological polar surface area (TPSA) is 107 Å². The van der Waals surface area contributed by atoms with Gasteiger partial charge in [-0.3, -0.25) is 4.79 Å². The molecule has 1 saturated carbocycles. The minimum atomic E-state index is -1.33. The third kappa shape index (κ3) is 2.64. The number of carbonyl (C=O) groups is 1. The lowest BCUT2D eigenvalue weighted by Crippen LogP contribution is -2.35. The van der Waals surface area contributed by atoms with E-state index in [9.17, 15) is 14.7 Å². The first-order chi connectivity index (χ1) is 13.9. The predicted molar refractivity (Wildman–Crippen MR) is 103 cm³/mol. The highest BCUT2D eigenvalue weighted by molar-refractivity contribution is 5.97. The molecule has 154 valence electrons. The molecule has 3 fully saturated rings. The van der Waals surface area contributed by atoms with Gasteiger partial charge in [0.2, 0.25) is 5.43 Å². The van der Waals surface area contributed by atoms with Crippen molar-refractivity contribution in [2.75, 3.05) is 25.2 Å². The summed E-state index contributed by atoms with van der Waals surface area (Å²) < 4.78 is 28.5. The molecule has 2 saturated heterocycles. The first-order valence-corrected chi connectivity index (χ1v) is 9.74. The van der Waals surface area contributed by atoms with Crippen molar-refractivity contribution in [3.63, 3.8) is 0 Å². The molecule has 0 radical (unpaired) electrons. The van der Waals surface area contributed by atoms with Crippen molar-refractivity contribution in [3.05, 3.63) is 33.9 Å². The van der Waals surface area contributed by atoms with Crippen LogP contribution in [0.5, 0.6) is 5.75 Å². The first kappa shape index (κ1) is 18.4. The van der Waals surface area contributed by atoms with Crippen LogP contribution in [0.1, 0.15) is 35.7 Å². The van der Waals surface area contributed by atoms with Gasteiger partial charge < -0.3 is 29.8 Å². The van der Waals surface area contributed by atoms with E-state index in [0.29, 0.717) is 18.7 Å². The van der Waals surface area contributed by atoms with E-state index >= 15 is 4.39 Å². The second-order valence-electron chi connectivity index (χ2n) is 7.96. The molecule has 3 atom stereocenters. The van der Waals surface area contributed by atoms with Crippen LogP contribution in [-0.4, -0.2) is 54.1 Å². The minimum Gasteiger partial charge on any atom is -0.492 e. The van der Waals surface area contributed by atoms with E-state index < -0.39 is 17.2 Å². The first-order valence-electron chi connectivity index (χ1n) is 9.74. The summed E-state index contributed by atoms with van der Waals surface area (Å²) in [5, 5.41) is 9.44. The SMILES string of the molecule is COc1c(N2CC(N)C3OCCC32)c(F)cc2c(=O)c(C(=O)O)cn(C3CC3)c12. The smallest absolute Gasteiger partial charge is 0.341 e. The van der Waals surface area contributed by atoms with Gasteiger partial charge in [0.25, 0.3) is 0 Å². The average Bonchev–Trinajstić information content (AvgIpc) is 3.32. The standard InChI is InChI=1S/C20H22FN3O5/c1-28-19-15-10(17(25)11(20(26)27)7-23(15)9-2-3-9)6-12(21)16(19)24-8-13(22)18-14(24)4-5-29-18/h6-7,9,13-14,18H,2-5,8,22H2,1H3,(H,26,27). The van der Waals surface area contributed by atoms with Crippen LogP contribution < -0.4 is 20.8 Å². The molecule has 3 heterocycles. The van der Waals surface area contributed by atoms with Gasteiger partial charge in [0.05, 0.1) is 36.2 Å². The summed E-state index contributed by atoms with van der Waals surface area (Å²) in [6.45, 7) is 0.973. The number of methoxy groups -OCH3 is 1. The molecule has 8 nitrogen and oxygen atoms in total. The zero-order valence-corrected chi connectivity index (χ0v) is 15.9. The molecule has 5 rings (SSSR count). The maximum Gasteiger partial charge on any atom is 0.341 e. The summed E-state index contributed by atoms with van der Waals surface area (Å²) >= 11 is 0. The van der Waals surface area contributed by atoms with E-state index in [1.54, 1.807) is 4.57 Å². The zero-order chi connectivity index (χ0) is 20.4. The molecule has 0 amide bonds. The number of benzene rings is 1. The molecule has 0 bridgehead atoms. The predicted octanol–water partition coefficient (Wildman–Crippen LogP) is 1.49. The molecule has 9 heteroatoms. The normalized spacial score (nSPS) is 26.2. The Morgan fingerprint density at radius 2 is 2.14 bits per heavy atom. The number of carboxylic acid groups (broad SMARTS) is 1. The molecule has 2 aliphatic heterocycles. The van der Waals surface area contributed by atoms with Gasteiger partial charge >= 0.3 is 5.97 Å². The third-order valence-electron chi connectivity index (χ3n) is 6.19. The van der Waals surface area contributed by atoms with Crippen LogP contribution >= 0.6 is 0 Å². The third-order valence-corrected chi connectivity index (χ3v) is 6.19. The second kappa shape index (κ2) is 6.43.